The first-order chi connectivity index (χ1) is 24.2. The quantitative estimate of drug-likeness (QED) is 0.204. The Bertz CT molecular complexity index is 1840. The topological polar surface area (TPSA) is 181 Å². The number of hydrogen-bond acceptors (Lipinski definition) is 9. The number of carboxylic acid groups (broad SMARTS) is 1. The van der Waals surface area contributed by atoms with E-state index in [1.54, 1.807) is 40.7 Å². The van der Waals surface area contributed by atoms with Crippen molar-refractivity contribution in [3.05, 3.63) is 69.8 Å². The van der Waals surface area contributed by atoms with Crippen molar-refractivity contribution in [2.24, 2.45) is 23.5 Å². The van der Waals surface area contributed by atoms with Crippen molar-refractivity contribution in [2.45, 2.75) is 47.3 Å². The highest BCUT2D eigenvalue weighted by atomic mass is 32.2. The molecule has 1 saturated heterocycles. The van der Waals surface area contributed by atoms with Crippen LogP contribution in [0.15, 0.2) is 47.4 Å². The third kappa shape index (κ3) is 9.87. The predicted molar refractivity (Wildman–Crippen MR) is 193 cm³/mol. The number of carbonyl (C=O) groups excluding carboxylic acids is 4. The smallest absolute Gasteiger partial charge is 0.410 e. The average molecular weight is 726 g/mol. The molecule has 51 heavy (non-hydrogen) atoms. The predicted octanol–water partition coefficient (Wildman–Crippen LogP) is 4.34. The van der Waals surface area contributed by atoms with Gasteiger partial charge in [0.25, 0.3) is 0 Å². The molecular formula is C36H44FN5O8S. The number of ether oxygens (including phenoxy) is 1. The number of rotatable bonds is 15. The lowest BCUT2D eigenvalue weighted by Crippen LogP contribution is -2.49. The Kier molecular flexibility index (Phi) is 13.2. The van der Waals surface area contributed by atoms with Crippen LogP contribution in [0.3, 0.4) is 0 Å². The molecule has 1 fully saturated rings. The van der Waals surface area contributed by atoms with Crippen molar-refractivity contribution in [2.75, 3.05) is 47.9 Å². The first-order valence-corrected chi connectivity index (χ1v) is 17.9. The summed E-state index contributed by atoms with van der Waals surface area (Å²) in [4.78, 5) is 77.5. The molecule has 15 heteroatoms. The molecule has 0 saturated carbocycles. The number of aromatic nitrogens is 1. The lowest BCUT2D eigenvalue weighted by molar-refractivity contribution is -0.128. The second kappa shape index (κ2) is 17.3. The number of carboxylic acids is 1. The molecule has 0 spiro atoms. The van der Waals surface area contributed by atoms with Gasteiger partial charge in [-0.3, -0.25) is 19.2 Å². The zero-order chi connectivity index (χ0) is 37.4. The third-order valence-electron chi connectivity index (χ3n) is 9.07. The van der Waals surface area contributed by atoms with E-state index in [-0.39, 0.29) is 72.2 Å². The minimum absolute atomic E-state index is 0.0146. The number of thioether (sulfide) groups is 1. The number of halogens is 1. The van der Waals surface area contributed by atoms with Crippen LogP contribution in [-0.4, -0.2) is 81.9 Å². The van der Waals surface area contributed by atoms with E-state index >= 15 is 4.39 Å². The number of nitrogens with one attached hydrogen (secondary N) is 1. The maximum Gasteiger partial charge on any atom is 0.410 e. The number of Topliss-reactive ketones (excluding diaryl/α,β-unsaturated/α-hetero) is 1. The van der Waals surface area contributed by atoms with Gasteiger partial charge in [-0.25, -0.2) is 14.0 Å². The van der Waals surface area contributed by atoms with Gasteiger partial charge in [0.1, 0.15) is 23.8 Å². The summed E-state index contributed by atoms with van der Waals surface area (Å²) in [6.45, 7) is 9.02. The molecule has 3 amide bonds. The average Bonchev–Trinajstić information content (AvgIpc) is 3.10. The molecule has 1 aliphatic rings. The second-order valence-electron chi connectivity index (χ2n) is 12.9. The monoisotopic (exact) mass is 725 g/mol. The highest BCUT2D eigenvalue weighted by Gasteiger charge is 2.27. The first-order valence-electron chi connectivity index (χ1n) is 16.7. The maximum absolute atomic E-state index is 15.2. The lowest BCUT2D eigenvalue weighted by atomic mass is 9.88. The van der Waals surface area contributed by atoms with Crippen molar-refractivity contribution in [3.8, 4) is 0 Å². The van der Waals surface area contributed by atoms with Crippen LogP contribution in [0, 0.1) is 23.6 Å². The van der Waals surface area contributed by atoms with Crippen LogP contribution in [0.25, 0.3) is 10.9 Å². The van der Waals surface area contributed by atoms with Gasteiger partial charge in [-0.2, -0.15) is 11.8 Å². The van der Waals surface area contributed by atoms with Crippen molar-refractivity contribution in [1.82, 2.24) is 9.47 Å². The second-order valence-corrected chi connectivity index (χ2v) is 13.9. The Balaban J connectivity index is 1.32. The molecule has 2 aromatic carbocycles. The number of nitrogens with two attached hydrogens (primary N) is 1. The molecule has 2 atom stereocenters. The number of nitrogens with zero attached hydrogens (tertiary/aromatic N) is 3. The Labute approximate surface area is 299 Å². The zero-order valence-electron chi connectivity index (χ0n) is 29.1. The van der Waals surface area contributed by atoms with Crippen LogP contribution in [-0.2, 0) is 32.3 Å². The number of benzene rings is 2. The third-order valence-corrected chi connectivity index (χ3v) is 10.2. The Morgan fingerprint density at radius 3 is 2.29 bits per heavy atom. The molecule has 0 unspecified atom stereocenters. The van der Waals surface area contributed by atoms with Gasteiger partial charge in [0.2, 0.25) is 17.2 Å². The number of hydrogen-bond donors (Lipinski definition) is 3. The Morgan fingerprint density at radius 1 is 1.04 bits per heavy atom. The number of aromatic carboxylic acids is 1. The van der Waals surface area contributed by atoms with E-state index in [4.69, 9.17) is 10.5 Å². The molecule has 4 N–H and O–H groups in total. The minimum Gasteiger partial charge on any atom is -0.477 e. The van der Waals surface area contributed by atoms with Crippen LogP contribution in [0.2, 0.25) is 0 Å². The number of anilines is 2. The van der Waals surface area contributed by atoms with Gasteiger partial charge < -0.3 is 35.3 Å². The molecule has 0 bridgehead atoms. The number of aryl methyl sites for hydroxylation is 1. The summed E-state index contributed by atoms with van der Waals surface area (Å²) in [6, 6.07) is 9.37. The zero-order valence-corrected chi connectivity index (χ0v) is 30.0. The van der Waals surface area contributed by atoms with Crippen LogP contribution in [0.1, 0.15) is 50.0 Å². The number of carbonyl (C=O) groups is 5. The van der Waals surface area contributed by atoms with Crippen molar-refractivity contribution in [3.63, 3.8) is 0 Å². The summed E-state index contributed by atoms with van der Waals surface area (Å²) in [5.41, 5.74) is 5.91. The summed E-state index contributed by atoms with van der Waals surface area (Å²) >= 11 is 1.21. The van der Waals surface area contributed by atoms with Gasteiger partial charge in [0.15, 0.2) is 0 Å². The molecule has 13 nitrogen and oxygen atoms in total. The summed E-state index contributed by atoms with van der Waals surface area (Å²) < 4.78 is 22.4. The van der Waals surface area contributed by atoms with Crippen molar-refractivity contribution >= 4 is 63.7 Å². The number of pyridine rings is 1. The normalized spacial score (nSPS) is 14.3. The van der Waals surface area contributed by atoms with Gasteiger partial charge in [0.05, 0.1) is 22.9 Å². The van der Waals surface area contributed by atoms with Gasteiger partial charge in [-0.05, 0) is 42.7 Å². The summed E-state index contributed by atoms with van der Waals surface area (Å²) in [6.07, 6.45) is 0.771. The molecule has 0 radical (unpaired) electrons. The minimum atomic E-state index is -1.38. The number of ketones is 1. The molecule has 2 heterocycles. The summed E-state index contributed by atoms with van der Waals surface area (Å²) in [5.74, 6) is -3.31. The maximum atomic E-state index is 15.2. The summed E-state index contributed by atoms with van der Waals surface area (Å²) in [7, 11) is 0. The molecule has 4 rings (SSSR count). The summed E-state index contributed by atoms with van der Waals surface area (Å²) in [5, 5.41) is 12.2. The molecule has 1 aliphatic heterocycles. The fourth-order valence-corrected chi connectivity index (χ4v) is 6.55. The fourth-order valence-electron chi connectivity index (χ4n) is 5.68. The number of fused-ring (bicyclic) bond motifs is 1. The molecule has 274 valence electrons. The van der Waals surface area contributed by atoms with Crippen LogP contribution in [0.4, 0.5) is 20.6 Å². The van der Waals surface area contributed by atoms with Crippen LogP contribution < -0.4 is 21.4 Å². The SMILES string of the molecule is CCn1cc(C(=O)O)c(=O)c2cc(F)c(N3CCN(C(=O)OCc4ccc(NC(=O)[C@H](CSCC(N)=O)CC(=O)[C@@H](C)C(C)C)cc4)CC3)cc21. The van der Waals surface area contributed by atoms with Gasteiger partial charge in [0, 0.05) is 68.1 Å². The number of amides is 3. The van der Waals surface area contributed by atoms with Crippen molar-refractivity contribution < 1.29 is 38.2 Å². The van der Waals surface area contributed by atoms with E-state index in [0.717, 1.165) is 6.07 Å². The van der Waals surface area contributed by atoms with Crippen molar-refractivity contribution in [1.29, 1.82) is 0 Å². The van der Waals surface area contributed by atoms with E-state index in [1.165, 1.54) is 28.9 Å². The first kappa shape index (κ1) is 38.9. The fraction of sp³-hybridized carbons (Fsp3) is 0.444. The lowest BCUT2D eigenvalue weighted by Gasteiger charge is -2.35. The van der Waals surface area contributed by atoms with E-state index in [1.807, 2.05) is 20.8 Å². The van der Waals surface area contributed by atoms with E-state index < -0.39 is 40.7 Å². The molecular weight excluding hydrogens is 681 g/mol. The molecule has 3 aromatic rings. The van der Waals surface area contributed by atoms with E-state index in [2.05, 4.69) is 5.32 Å². The highest BCUT2D eigenvalue weighted by Crippen LogP contribution is 2.27. The van der Waals surface area contributed by atoms with Gasteiger partial charge in [-0.15, -0.1) is 0 Å². The van der Waals surface area contributed by atoms with Crippen LogP contribution in [0.5, 0.6) is 0 Å². The van der Waals surface area contributed by atoms with E-state index in [9.17, 15) is 33.9 Å². The number of primary amides is 1. The Morgan fingerprint density at radius 2 is 1.71 bits per heavy atom. The molecule has 1 aromatic heterocycles. The Hall–Kier alpha value is -4.92. The van der Waals surface area contributed by atoms with E-state index in [0.29, 0.717) is 36.4 Å². The highest BCUT2D eigenvalue weighted by molar-refractivity contribution is 7.99. The molecule has 0 aliphatic carbocycles. The standard InChI is InChI=1S/C36H44FN5O8S/c1-5-40-17-27(35(47)48)33(45)26-15-28(37)30(16-29(26)40)41-10-12-42(13-11-41)36(49)50-18-23-6-8-25(9-7-23)39-34(46)24(19-51-20-32(38)44)14-31(43)22(4)21(2)3/h6-9,15-17,21-22,24H,5,10-14,18-20H2,1-4H3,(H2,38,44)(H,39,46)(H,47,48)/t22-,24-/m0/s1. The number of piperazine rings is 1. The largest absolute Gasteiger partial charge is 0.477 e. The van der Waals surface area contributed by atoms with Crippen LogP contribution >= 0.6 is 11.8 Å². The van der Waals surface area contributed by atoms with Gasteiger partial charge >= 0.3 is 12.1 Å². The van der Waals surface area contributed by atoms with Gasteiger partial charge in [-0.1, -0.05) is 32.9 Å².